The molecule has 1 amide bonds. The van der Waals surface area contributed by atoms with Crippen molar-refractivity contribution < 1.29 is 9.53 Å². The third-order valence-electron chi connectivity index (χ3n) is 6.75. The van der Waals surface area contributed by atoms with Crippen LogP contribution in [-0.2, 0) is 9.53 Å². The normalized spacial score (nSPS) is 21.1. The molecular weight excluding hydrogens is 456 g/mol. The molecular formula is C26H24N8O2. The molecule has 0 spiro atoms. The Balaban J connectivity index is 1.33. The van der Waals surface area contributed by atoms with Crippen LogP contribution in [0.15, 0.2) is 49.2 Å². The molecule has 1 saturated heterocycles. The maximum Gasteiger partial charge on any atom is 0.230 e. The lowest BCUT2D eigenvalue weighted by Crippen LogP contribution is -2.18. The highest BCUT2D eigenvalue weighted by molar-refractivity contribution is 5.99. The third-order valence-corrected chi connectivity index (χ3v) is 6.75. The van der Waals surface area contributed by atoms with Crippen LogP contribution < -0.4 is 11.1 Å². The summed E-state index contributed by atoms with van der Waals surface area (Å²) in [6.45, 7) is 0.748. The van der Waals surface area contributed by atoms with Crippen LogP contribution >= 0.6 is 0 Å². The van der Waals surface area contributed by atoms with Crippen LogP contribution in [-0.4, -0.2) is 37.2 Å². The topological polar surface area (TPSA) is 145 Å². The molecule has 0 bridgehead atoms. The fraction of sp³-hybridized carbons (Fsp3) is 0.308. The van der Waals surface area contributed by atoms with Crippen LogP contribution in [0.3, 0.4) is 0 Å². The van der Waals surface area contributed by atoms with E-state index in [2.05, 4.69) is 31.4 Å². The third kappa shape index (κ3) is 4.14. The molecule has 2 aliphatic rings. The molecule has 5 heterocycles. The van der Waals surface area contributed by atoms with Crippen LogP contribution in [0.25, 0.3) is 33.2 Å². The van der Waals surface area contributed by atoms with E-state index in [9.17, 15) is 4.79 Å². The molecule has 180 valence electrons. The number of nitrogens with zero attached hydrogens (tertiary/aromatic N) is 6. The number of nitrogens with two attached hydrogens (primary N) is 1. The molecule has 10 nitrogen and oxygen atoms in total. The minimum absolute atomic E-state index is 0.0487. The zero-order valence-electron chi connectivity index (χ0n) is 19.5. The second kappa shape index (κ2) is 9.02. The molecule has 1 aliphatic carbocycles. The number of hydrogen-bond acceptors (Lipinski definition) is 8. The number of aromatic nitrogens is 5. The molecule has 0 aromatic carbocycles. The number of nitrogens with one attached hydrogen (secondary N) is 1. The second-order valence-corrected chi connectivity index (χ2v) is 9.20. The van der Waals surface area contributed by atoms with Crippen LogP contribution in [0.1, 0.15) is 31.9 Å². The Morgan fingerprint density at radius 2 is 2.14 bits per heavy atom. The van der Waals surface area contributed by atoms with Gasteiger partial charge in [0.15, 0.2) is 0 Å². The van der Waals surface area contributed by atoms with E-state index in [1.165, 1.54) is 0 Å². The molecule has 36 heavy (non-hydrogen) atoms. The monoisotopic (exact) mass is 480 g/mol. The molecule has 6 rings (SSSR count). The van der Waals surface area contributed by atoms with E-state index in [0.717, 1.165) is 47.9 Å². The summed E-state index contributed by atoms with van der Waals surface area (Å²) >= 11 is 0. The summed E-state index contributed by atoms with van der Waals surface area (Å²) in [7, 11) is 0. The van der Waals surface area contributed by atoms with Crippen molar-refractivity contribution in [3.8, 4) is 28.5 Å². The lowest BCUT2D eigenvalue weighted by molar-refractivity contribution is -0.117. The van der Waals surface area contributed by atoms with E-state index < -0.39 is 0 Å². The number of carbonyl (C=O) groups is 1. The summed E-state index contributed by atoms with van der Waals surface area (Å²) < 4.78 is 7.74. The Labute approximate surface area is 207 Å². The van der Waals surface area contributed by atoms with Gasteiger partial charge in [-0.2, -0.15) is 10.4 Å². The van der Waals surface area contributed by atoms with Crippen LogP contribution in [0.2, 0.25) is 0 Å². The molecule has 10 heteroatoms. The van der Waals surface area contributed by atoms with E-state index in [4.69, 9.17) is 15.7 Å². The zero-order valence-corrected chi connectivity index (χ0v) is 19.5. The van der Waals surface area contributed by atoms with E-state index in [-0.39, 0.29) is 24.0 Å². The number of ether oxygens (including phenoxy) is 1. The average molecular weight is 481 g/mol. The number of rotatable bonds is 5. The first-order valence-electron chi connectivity index (χ1n) is 12.0. The SMILES string of the molecule is N#C[C@@H]1C[C@H]1C(=O)Nc1cc2cc(-c3cnccc3-c3cnn(C4CCCCO4)c3)nc(N)c2cn1. The maximum absolute atomic E-state index is 12.4. The number of carbonyl (C=O) groups excluding carboxylic acids is 1. The summed E-state index contributed by atoms with van der Waals surface area (Å²) in [5.74, 6) is 0.0658. The minimum atomic E-state index is -0.275. The van der Waals surface area contributed by atoms with Crippen molar-refractivity contribution in [3.05, 3.63) is 49.2 Å². The quantitative estimate of drug-likeness (QED) is 0.437. The Kier molecular flexibility index (Phi) is 5.54. The van der Waals surface area contributed by atoms with E-state index >= 15 is 0 Å². The fourth-order valence-electron chi connectivity index (χ4n) is 4.64. The summed E-state index contributed by atoms with van der Waals surface area (Å²) in [6.07, 6.45) is 12.6. The largest absolute Gasteiger partial charge is 0.383 e. The van der Waals surface area contributed by atoms with Gasteiger partial charge < -0.3 is 15.8 Å². The zero-order chi connectivity index (χ0) is 24.6. The number of nitriles is 1. The van der Waals surface area contributed by atoms with Crippen molar-refractivity contribution in [2.45, 2.75) is 31.9 Å². The van der Waals surface area contributed by atoms with Gasteiger partial charge in [0.2, 0.25) is 5.91 Å². The number of pyridine rings is 3. The molecule has 0 radical (unpaired) electrons. The summed E-state index contributed by atoms with van der Waals surface area (Å²) in [5, 5.41) is 17.8. The smallest absolute Gasteiger partial charge is 0.230 e. The first-order chi connectivity index (χ1) is 17.6. The van der Waals surface area contributed by atoms with Gasteiger partial charge in [0.25, 0.3) is 0 Å². The van der Waals surface area contributed by atoms with Gasteiger partial charge in [0.05, 0.1) is 29.8 Å². The van der Waals surface area contributed by atoms with Gasteiger partial charge in [-0.1, -0.05) is 0 Å². The van der Waals surface area contributed by atoms with Crippen LogP contribution in [0, 0.1) is 23.2 Å². The van der Waals surface area contributed by atoms with Gasteiger partial charge in [0.1, 0.15) is 17.9 Å². The highest BCUT2D eigenvalue weighted by atomic mass is 16.5. The summed E-state index contributed by atoms with van der Waals surface area (Å²) in [5.41, 5.74) is 9.63. The van der Waals surface area contributed by atoms with Crippen molar-refractivity contribution in [1.82, 2.24) is 24.7 Å². The molecule has 1 saturated carbocycles. The van der Waals surface area contributed by atoms with Crippen molar-refractivity contribution in [1.29, 1.82) is 5.26 Å². The standard InChI is InChI=1S/C26H24N8O2/c27-10-16-7-19(16)26(35)33-23-9-15-8-22(32-25(28)20(15)13-30-23)21-12-29-5-4-18(21)17-11-31-34(14-17)24-3-1-2-6-36-24/h4-5,8-9,11-14,16,19,24H,1-3,6-7H2,(H2,28,32)(H,30,33,35)/t16-,19+,24?/m0/s1. The summed E-state index contributed by atoms with van der Waals surface area (Å²) in [4.78, 5) is 25.7. The number of fused-ring (bicyclic) bond motifs is 1. The Morgan fingerprint density at radius 3 is 2.94 bits per heavy atom. The van der Waals surface area contributed by atoms with Crippen LogP contribution in [0.5, 0.6) is 0 Å². The molecule has 1 unspecified atom stereocenters. The molecule has 4 aromatic heterocycles. The number of nitrogen functional groups attached to an aromatic ring is 1. The second-order valence-electron chi connectivity index (χ2n) is 9.20. The predicted octanol–water partition coefficient (Wildman–Crippen LogP) is 3.93. The highest BCUT2D eigenvalue weighted by Gasteiger charge is 2.43. The molecule has 3 N–H and O–H groups in total. The minimum Gasteiger partial charge on any atom is -0.383 e. The first-order valence-corrected chi connectivity index (χ1v) is 12.0. The van der Waals surface area contributed by atoms with Gasteiger partial charge in [-0.05, 0) is 54.8 Å². The van der Waals surface area contributed by atoms with Crippen LogP contribution in [0.4, 0.5) is 11.6 Å². The average Bonchev–Trinajstić information content (AvgIpc) is 3.55. The van der Waals surface area contributed by atoms with Gasteiger partial charge in [-0.3, -0.25) is 9.78 Å². The van der Waals surface area contributed by atoms with Crippen molar-refractivity contribution in [2.24, 2.45) is 11.8 Å². The predicted molar refractivity (Wildman–Crippen MR) is 133 cm³/mol. The Bertz CT molecular complexity index is 1500. The molecule has 3 atom stereocenters. The van der Waals surface area contributed by atoms with E-state index in [0.29, 0.717) is 29.1 Å². The van der Waals surface area contributed by atoms with Crippen molar-refractivity contribution >= 4 is 28.3 Å². The van der Waals surface area contributed by atoms with Crippen molar-refractivity contribution in [2.75, 3.05) is 17.7 Å². The van der Waals surface area contributed by atoms with Gasteiger partial charge in [-0.15, -0.1) is 0 Å². The van der Waals surface area contributed by atoms with Gasteiger partial charge >= 0.3 is 0 Å². The maximum atomic E-state index is 12.4. The molecule has 1 aliphatic heterocycles. The van der Waals surface area contributed by atoms with Crippen molar-refractivity contribution in [3.63, 3.8) is 0 Å². The molecule has 4 aromatic rings. The highest BCUT2D eigenvalue weighted by Crippen LogP contribution is 2.39. The van der Waals surface area contributed by atoms with Gasteiger partial charge in [0, 0.05) is 47.9 Å². The Hall–Kier alpha value is -4.36. The van der Waals surface area contributed by atoms with E-state index in [1.807, 2.05) is 29.2 Å². The first kappa shape index (κ1) is 22.1. The molecule has 2 fully saturated rings. The number of amides is 1. The lowest BCUT2D eigenvalue weighted by Gasteiger charge is -2.22. The number of anilines is 2. The van der Waals surface area contributed by atoms with Gasteiger partial charge in [-0.25, -0.2) is 14.6 Å². The summed E-state index contributed by atoms with van der Waals surface area (Å²) in [6, 6.07) is 7.74. The lowest BCUT2D eigenvalue weighted by atomic mass is 10.0. The fourth-order valence-corrected chi connectivity index (χ4v) is 4.64. The Morgan fingerprint density at radius 1 is 1.22 bits per heavy atom. The number of hydrogen-bond donors (Lipinski definition) is 2. The van der Waals surface area contributed by atoms with E-state index in [1.54, 1.807) is 24.7 Å².